The van der Waals surface area contributed by atoms with Crippen molar-refractivity contribution in [2.75, 3.05) is 23.7 Å². The number of carbonyl (C=O) groups excluding carboxylic acids is 2. The molecule has 2 rings (SSSR count). The summed E-state index contributed by atoms with van der Waals surface area (Å²) in [6, 6.07) is 13.0. The van der Waals surface area contributed by atoms with Crippen LogP contribution in [-0.2, 0) is 26.2 Å². The molecule has 1 atom stereocenters. The zero-order valence-electron chi connectivity index (χ0n) is 19.8. The average Bonchev–Trinajstić information content (AvgIpc) is 2.77. The van der Waals surface area contributed by atoms with Gasteiger partial charge in [0.05, 0.1) is 22.0 Å². The van der Waals surface area contributed by atoms with Gasteiger partial charge in [0.15, 0.2) is 0 Å². The molecule has 1 N–H and O–H groups in total. The first kappa shape index (κ1) is 28.0. The van der Waals surface area contributed by atoms with Gasteiger partial charge in [-0.25, -0.2) is 8.42 Å². The summed E-state index contributed by atoms with van der Waals surface area (Å²) < 4.78 is 26.2. The van der Waals surface area contributed by atoms with Gasteiger partial charge in [0, 0.05) is 13.1 Å². The quantitative estimate of drug-likeness (QED) is 0.470. The van der Waals surface area contributed by atoms with Crippen LogP contribution in [0.15, 0.2) is 48.5 Å². The Balaban J connectivity index is 2.44. The van der Waals surface area contributed by atoms with Gasteiger partial charge in [-0.15, -0.1) is 0 Å². The summed E-state index contributed by atoms with van der Waals surface area (Å²) in [5, 5.41) is 3.08. The lowest BCUT2D eigenvalue weighted by molar-refractivity contribution is -0.140. The fourth-order valence-corrected chi connectivity index (χ4v) is 4.70. The van der Waals surface area contributed by atoms with Crippen LogP contribution in [0.3, 0.4) is 0 Å². The van der Waals surface area contributed by atoms with Gasteiger partial charge in [-0.2, -0.15) is 0 Å². The average molecular weight is 529 g/mol. The van der Waals surface area contributed by atoms with Crippen molar-refractivity contribution in [2.24, 2.45) is 5.92 Å². The van der Waals surface area contributed by atoms with Crippen LogP contribution in [-0.4, -0.2) is 50.5 Å². The van der Waals surface area contributed by atoms with Gasteiger partial charge in [-0.3, -0.25) is 13.9 Å². The van der Waals surface area contributed by atoms with E-state index >= 15 is 0 Å². The first-order chi connectivity index (χ1) is 16.0. The zero-order chi connectivity index (χ0) is 25.5. The number of anilines is 1. The molecule has 7 nitrogen and oxygen atoms in total. The Morgan fingerprint density at radius 3 is 2.24 bits per heavy atom. The van der Waals surface area contributed by atoms with Crippen LogP contribution >= 0.6 is 23.2 Å². The van der Waals surface area contributed by atoms with Crippen molar-refractivity contribution in [3.05, 3.63) is 64.1 Å². The van der Waals surface area contributed by atoms with E-state index in [-0.39, 0.29) is 34.1 Å². The fraction of sp³-hybridized carbons (Fsp3) is 0.417. The molecular formula is C24H31Cl2N3O4S. The molecule has 0 aromatic heterocycles. The Labute approximate surface area is 212 Å². The number of amides is 2. The van der Waals surface area contributed by atoms with E-state index in [9.17, 15) is 18.0 Å². The number of carbonyl (C=O) groups is 2. The lowest BCUT2D eigenvalue weighted by Gasteiger charge is -2.33. The second-order valence-corrected chi connectivity index (χ2v) is 11.1. The van der Waals surface area contributed by atoms with Crippen LogP contribution in [0.5, 0.6) is 0 Å². The van der Waals surface area contributed by atoms with E-state index in [0.29, 0.717) is 13.0 Å². The highest BCUT2D eigenvalue weighted by atomic mass is 35.5. The molecule has 0 radical (unpaired) electrons. The van der Waals surface area contributed by atoms with Gasteiger partial charge < -0.3 is 10.2 Å². The molecule has 0 saturated heterocycles. The lowest BCUT2D eigenvalue weighted by atomic mass is 10.1. The van der Waals surface area contributed by atoms with E-state index in [4.69, 9.17) is 23.2 Å². The van der Waals surface area contributed by atoms with Gasteiger partial charge in [0.1, 0.15) is 12.6 Å². The van der Waals surface area contributed by atoms with Gasteiger partial charge in [-0.1, -0.05) is 80.4 Å². The third-order valence-electron chi connectivity index (χ3n) is 5.15. The smallest absolute Gasteiger partial charge is 0.244 e. The number of nitrogens with zero attached hydrogens (tertiary/aromatic N) is 2. The minimum Gasteiger partial charge on any atom is -0.354 e. The molecule has 0 aliphatic rings. The Morgan fingerprint density at radius 1 is 1.03 bits per heavy atom. The first-order valence-electron chi connectivity index (χ1n) is 11.0. The van der Waals surface area contributed by atoms with Crippen molar-refractivity contribution in [2.45, 2.75) is 39.8 Å². The zero-order valence-corrected chi connectivity index (χ0v) is 22.1. The van der Waals surface area contributed by atoms with Crippen molar-refractivity contribution in [3.8, 4) is 0 Å². The Kier molecular flexibility index (Phi) is 10.2. The van der Waals surface area contributed by atoms with Crippen LogP contribution < -0.4 is 9.62 Å². The molecule has 186 valence electrons. The van der Waals surface area contributed by atoms with Crippen molar-refractivity contribution < 1.29 is 18.0 Å². The van der Waals surface area contributed by atoms with Crippen LogP contribution in [0.25, 0.3) is 0 Å². The van der Waals surface area contributed by atoms with Gasteiger partial charge >= 0.3 is 0 Å². The van der Waals surface area contributed by atoms with Crippen molar-refractivity contribution in [3.63, 3.8) is 0 Å². The van der Waals surface area contributed by atoms with E-state index < -0.39 is 28.5 Å². The minimum atomic E-state index is -3.89. The van der Waals surface area contributed by atoms with E-state index in [0.717, 1.165) is 16.1 Å². The maximum atomic E-state index is 13.6. The van der Waals surface area contributed by atoms with Crippen molar-refractivity contribution >= 4 is 50.7 Å². The predicted molar refractivity (Wildman–Crippen MR) is 138 cm³/mol. The Morgan fingerprint density at radius 2 is 1.68 bits per heavy atom. The highest BCUT2D eigenvalue weighted by Crippen LogP contribution is 2.33. The summed E-state index contributed by atoms with van der Waals surface area (Å²) in [4.78, 5) is 28.0. The second kappa shape index (κ2) is 12.4. The van der Waals surface area contributed by atoms with E-state index in [1.807, 2.05) is 51.1 Å². The number of nitrogens with one attached hydrogen (secondary N) is 1. The number of rotatable bonds is 11. The molecule has 2 amide bonds. The van der Waals surface area contributed by atoms with E-state index in [1.165, 1.54) is 17.0 Å². The maximum Gasteiger partial charge on any atom is 0.244 e. The molecule has 0 unspecified atom stereocenters. The molecule has 0 spiro atoms. The maximum absolute atomic E-state index is 13.6. The molecule has 34 heavy (non-hydrogen) atoms. The highest BCUT2D eigenvalue weighted by Gasteiger charge is 2.32. The van der Waals surface area contributed by atoms with Crippen LogP contribution in [0.1, 0.15) is 32.8 Å². The number of halogens is 2. The lowest BCUT2D eigenvalue weighted by Crippen LogP contribution is -2.52. The van der Waals surface area contributed by atoms with Crippen molar-refractivity contribution in [1.29, 1.82) is 0 Å². The monoisotopic (exact) mass is 527 g/mol. The molecule has 10 heteroatoms. The van der Waals surface area contributed by atoms with Gasteiger partial charge in [-0.05, 0) is 30.0 Å². The summed E-state index contributed by atoms with van der Waals surface area (Å²) in [6.45, 7) is 5.86. The molecule has 0 saturated carbocycles. The molecular weight excluding hydrogens is 497 g/mol. The molecule has 0 aliphatic heterocycles. The second-order valence-electron chi connectivity index (χ2n) is 8.41. The minimum absolute atomic E-state index is 0.0266. The molecule has 2 aromatic carbocycles. The molecule has 0 bridgehead atoms. The topological polar surface area (TPSA) is 86.8 Å². The predicted octanol–water partition coefficient (Wildman–Crippen LogP) is 4.34. The SMILES string of the molecule is CC[C@@H](C(=O)NCC(C)C)N(Cc1ccccc1)C(=O)CN(c1cccc(Cl)c1Cl)S(C)(=O)=O. The van der Waals surface area contributed by atoms with Gasteiger partial charge in [0.2, 0.25) is 21.8 Å². The highest BCUT2D eigenvalue weighted by molar-refractivity contribution is 7.92. The van der Waals surface area contributed by atoms with E-state index in [2.05, 4.69) is 5.32 Å². The van der Waals surface area contributed by atoms with Crippen LogP contribution in [0, 0.1) is 5.92 Å². The fourth-order valence-electron chi connectivity index (χ4n) is 3.40. The number of sulfonamides is 1. The Bertz CT molecular complexity index is 1090. The third kappa shape index (κ3) is 7.61. The number of benzene rings is 2. The molecule has 0 aliphatic carbocycles. The first-order valence-corrected chi connectivity index (χ1v) is 13.6. The molecule has 2 aromatic rings. The largest absolute Gasteiger partial charge is 0.354 e. The summed E-state index contributed by atoms with van der Waals surface area (Å²) >= 11 is 12.4. The standard InChI is InChI=1S/C24H31Cl2N3O4S/c1-5-20(24(31)27-14-17(2)3)28(15-18-10-7-6-8-11-18)22(30)16-29(34(4,32)33)21-13-9-12-19(25)23(21)26/h6-13,17,20H,5,14-16H2,1-4H3,(H,27,31)/t20-/m0/s1. The summed E-state index contributed by atoms with van der Waals surface area (Å²) in [6.07, 6.45) is 1.35. The Hall–Kier alpha value is -2.29. The van der Waals surface area contributed by atoms with Crippen LogP contribution in [0.4, 0.5) is 5.69 Å². The normalized spacial score (nSPS) is 12.3. The number of hydrogen-bond acceptors (Lipinski definition) is 4. The van der Waals surface area contributed by atoms with Crippen molar-refractivity contribution in [1.82, 2.24) is 10.2 Å². The molecule has 0 heterocycles. The third-order valence-corrected chi connectivity index (χ3v) is 7.08. The summed E-state index contributed by atoms with van der Waals surface area (Å²) in [5.41, 5.74) is 0.916. The van der Waals surface area contributed by atoms with Gasteiger partial charge in [0.25, 0.3) is 0 Å². The summed E-state index contributed by atoms with van der Waals surface area (Å²) in [7, 11) is -3.89. The molecule has 0 fully saturated rings. The number of hydrogen-bond donors (Lipinski definition) is 1. The van der Waals surface area contributed by atoms with E-state index in [1.54, 1.807) is 6.07 Å². The van der Waals surface area contributed by atoms with Crippen LogP contribution in [0.2, 0.25) is 10.0 Å². The summed E-state index contributed by atoms with van der Waals surface area (Å²) in [5.74, 6) is -0.575.